The molecule has 0 radical (unpaired) electrons. The van der Waals surface area contributed by atoms with Crippen molar-refractivity contribution in [3.05, 3.63) is 34.3 Å². The zero-order valence-corrected chi connectivity index (χ0v) is 13.7. The topological polar surface area (TPSA) is 38.5 Å². The highest BCUT2D eigenvalue weighted by atomic mass is 79.9. The Hall–Kier alpha value is -0.420. The Balaban J connectivity index is 2.47. The van der Waals surface area contributed by atoms with Gasteiger partial charge in [0.25, 0.3) is 0 Å². The van der Waals surface area contributed by atoms with Crippen LogP contribution in [0.1, 0.15) is 31.9 Å². The lowest BCUT2D eigenvalue weighted by molar-refractivity contribution is 0.101. The van der Waals surface area contributed by atoms with Crippen LogP contribution in [0.4, 0.5) is 0 Å². The van der Waals surface area contributed by atoms with E-state index in [2.05, 4.69) is 46.8 Å². The Morgan fingerprint density at radius 3 is 2.47 bits per heavy atom. The quantitative estimate of drug-likeness (QED) is 0.796. The third kappa shape index (κ3) is 5.61. The molecule has 0 aliphatic heterocycles. The van der Waals surface area contributed by atoms with Gasteiger partial charge in [-0.2, -0.15) is 0 Å². The summed E-state index contributed by atoms with van der Waals surface area (Å²) in [5.41, 5.74) is 7.44. The summed E-state index contributed by atoms with van der Waals surface area (Å²) in [6.45, 7) is 7.16. The van der Waals surface area contributed by atoms with Crippen LogP contribution >= 0.6 is 15.9 Å². The minimum Gasteiger partial charge on any atom is -0.383 e. The van der Waals surface area contributed by atoms with Gasteiger partial charge in [0.1, 0.15) is 0 Å². The van der Waals surface area contributed by atoms with Gasteiger partial charge >= 0.3 is 0 Å². The largest absolute Gasteiger partial charge is 0.383 e. The highest BCUT2D eigenvalue weighted by molar-refractivity contribution is 9.10. The molecule has 1 aromatic carbocycles. The van der Waals surface area contributed by atoms with Crippen molar-refractivity contribution < 1.29 is 4.74 Å². The molecular weight excluding hydrogens is 304 g/mol. The number of nitrogens with two attached hydrogens (primary N) is 1. The average molecular weight is 329 g/mol. The fourth-order valence-electron chi connectivity index (χ4n) is 2.22. The van der Waals surface area contributed by atoms with Gasteiger partial charge in [-0.05, 0) is 37.6 Å². The maximum atomic E-state index is 6.25. The Morgan fingerprint density at radius 2 is 1.95 bits per heavy atom. The Bertz CT molecular complexity index is 356. The van der Waals surface area contributed by atoms with Gasteiger partial charge in [0, 0.05) is 30.2 Å². The molecule has 108 valence electrons. The van der Waals surface area contributed by atoms with Crippen molar-refractivity contribution in [2.45, 2.75) is 32.4 Å². The van der Waals surface area contributed by atoms with E-state index in [0.717, 1.165) is 30.6 Å². The van der Waals surface area contributed by atoms with Gasteiger partial charge in [-0.25, -0.2) is 0 Å². The number of likely N-dealkylation sites (N-methyl/N-ethyl adjacent to an activating group) is 1. The molecule has 0 saturated carbocycles. The van der Waals surface area contributed by atoms with E-state index in [0.29, 0.717) is 6.04 Å². The molecular formula is C15H25BrN2O. The molecule has 2 unspecified atom stereocenters. The predicted octanol–water partition coefficient (Wildman–Crippen LogP) is 3.20. The third-order valence-electron chi connectivity index (χ3n) is 3.46. The second kappa shape index (κ2) is 8.69. The van der Waals surface area contributed by atoms with E-state index in [9.17, 15) is 0 Å². The van der Waals surface area contributed by atoms with Gasteiger partial charge in [0.2, 0.25) is 0 Å². The molecule has 3 nitrogen and oxygen atoms in total. The molecule has 1 aromatic rings. The normalized spacial score (nSPS) is 14.6. The first kappa shape index (κ1) is 16.6. The zero-order valence-electron chi connectivity index (χ0n) is 12.1. The second-order valence-corrected chi connectivity index (χ2v) is 5.80. The molecule has 0 bridgehead atoms. The lowest BCUT2D eigenvalue weighted by Crippen LogP contribution is -2.37. The standard InChI is InChI=1S/C15H25BrN2O/c1-4-18(12(2)11-19-3)10-9-15(17)13-5-7-14(16)8-6-13/h5-8,12,15H,4,9-11,17H2,1-3H3. The molecule has 2 N–H and O–H groups in total. The molecule has 0 aliphatic carbocycles. The molecule has 0 amide bonds. The molecule has 0 spiro atoms. The lowest BCUT2D eigenvalue weighted by Gasteiger charge is -2.28. The van der Waals surface area contributed by atoms with E-state index in [1.54, 1.807) is 7.11 Å². The molecule has 0 saturated heterocycles. The van der Waals surface area contributed by atoms with Gasteiger partial charge in [-0.3, -0.25) is 4.90 Å². The smallest absolute Gasteiger partial charge is 0.0615 e. The summed E-state index contributed by atoms with van der Waals surface area (Å²) in [6, 6.07) is 8.79. The molecule has 1 rings (SSSR count). The average Bonchev–Trinajstić information content (AvgIpc) is 2.40. The summed E-state index contributed by atoms with van der Waals surface area (Å²) in [5, 5.41) is 0. The Labute approximate surface area is 125 Å². The number of halogens is 1. The number of benzene rings is 1. The summed E-state index contributed by atoms with van der Waals surface area (Å²) in [5.74, 6) is 0. The SMILES string of the molecule is CCN(CCC(N)c1ccc(Br)cc1)C(C)COC. The minimum atomic E-state index is 0.0943. The van der Waals surface area contributed by atoms with Gasteiger partial charge in [0.15, 0.2) is 0 Å². The molecule has 2 atom stereocenters. The predicted molar refractivity (Wildman–Crippen MR) is 84.3 cm³/mol. The first-order chi connectivity index (χ1) is 9.08. The van der Waals surface area contributed by atoms with Gasteiger partial charge < -0.3 is 10.5 Å². The van der Waals surface area contributed by atoms with Crippen LogP contribution in [0.3, 0.4) is 0 Å². The van der Waals surface area contributed by atoms with Crippen LogP contribution in [0.5, 0.6) is 0 Å². The number of rotatable bonds is 8. The van der Waals surface area contributed by atoms with Crippen LogP contribution in [0.25, 0.3) is 0 Å². The van der Waals surface area contributed by atoms with Crippen molar-refractivity contribution in [2.24, 2.45) is 5.73 Å². The number of nitrogens with zero attached hydrogens (tertiary/aromatic N) is 1. The first-order valence-electron chi connectivity index (χ1n) is 6.82. The summed E-state index contributed by atoms with van der Waals surface area (Å²) in [6.07, 6.45) is 0.962. The van der Waals surface area contributed by atoms with Crippen molar-refractivity contribution in [1.82, 2.24) is 4.90 Å². The van der Waals surface area contributed by atoms with E-state index in [-0.39, 0.29) is 6.04 Å². The van der Waals surface area contributed by atoms with Gasteiger partial charge in [-0.15, -0.1) is 0 Å². The Kier molecular flexibility index (Phi) is 7.61. The van der Waals surface area contributed by atoms with E-state index in [1.807, 2.05) is 12.1 Å². The summed E-state index contributed by atoms with van der Waals surface area (Å²) in [7, 11) is 1.75. The molecule has 0 aromatic heterocycles. The maximum Gasteiger partial charge on any atom is 0.0615 e. The zero-order chi connectivity index (χ0) is 14.3. The number of hydrogen-bond donors (Lipinski definition) is 1. The van der Waals surface area contributed by atoms with Gasteiger partial charge in [0.05, 0.1) is 6.61 Å². The van der Waals surface area contributed by atoms with Crippen LogP contribution in [-0.4, -0.2) is 37.7 Å². The first-order valence-corrected chi connectivity index (χ1v) is 7.61. The van der Waals surface area contributed by atoms with Crippen molar-refractivity contribution in [3.63, 3.8) is 0 Å². The van der Waals surface area contributed by atoms with Crippen molar-refractivity contribution in [1.29, 1.82) is 0 Å². The number of ether oxygens (including phenoxy) is 1. The van der Waals surface area contributed by atoms with E-state index < -0.39 is 0 Å². The van der Waals surface area contributed by atoms with Crippen molar-refractivity contribution >= 4 is 15.9 Å². The minimum absolute atomic E-state index is 0.0943. The fourth-order valence-corrected chi connectivity index (χ4v) is 2.48. The van der Waals surface area contributed by atoms with Crippen molar-refractivity contribution in [3.8, 4) is 0 Å². The molecule has 0 fully saturated rings. The number of methoxy groups -OCH3 is 1. The van der Waals surface area contributed by atoms with Gasteiger partial charge in [-0.1, -0.05) is 35.0 Å². The van der Waals surface area contributed by atoms with E-state index >= 15 is 0 Å². The van der Waals surface area contributed by atoms with Crippen LogP contribution in [0.2, 0.25) is 0 Å². The highest BCUT2D eigenvalue weighted by Crippen LogP contribution is 2.18. The van der Waals surface area contributed by atoms with E-state index in [1.165, 1.54) is 5.56 Å². The summed E-state index contributed by atoms with van der Waals surface area (Å²) in [4.78, 5) is 2.40. The summed E-state index contributed by atoms with van der Waals surface area (Å²) < 4.78 is 6.30. The maximum absolute atomic E-state index is 6.25. The monoisotopic (exact) mass is 328 g/mol. The molecule has 19 heavy (non-hydrogen) atoms. The van der Waals surface area contributed by atoms with Crippen LogP contribution in [-0.2, 0) is 4.74 Å². The second-order valence-electron chi connectivity index (χ2n) is 4.88. The lowest BCUT2D eigenvalue weighted by atomic mass is 10.0. The molecule has 4 heteroatoms. The third-order valence-corrected chi connectivity index (χ3v) is 3.99. The molecule has 0 heterocycles. The highest BCUT2D eigenvalue weighted by Gasteiger charge is 2.14. The fraction of sp³-hybridized carbons (Fsp3) is 0.600. The van der Waals surface area contributed by atoms with Crippen LogP contribution < -0.4 is 5.73 Å². The molecule has 0 aliphatic rings. The van der Waals surface area contributed by atoms with Crippen LogP contribution in [0, 0.1) is 0 Å². The van der Waals surface area contributed by atoms with Crippen LogP contribution in [0.15, 0.2) is 28.7 Å². The van der Waals surface area contributed by atoms with Crippen molar-refractivity contribution in [2.75, 3.05) is 26.8 Å². The van der Waals surface area contributed by atoms with E-state index in [4.69, 9.17) is 10.5 Å². The number of hydrogen-bond acceptors (Lipinski definition) is 3. The Morgan fingerprint density at radius 1 is 1.32 bits per heavy atom. The summed E-state index contributed by atoms with van der Waals surface area (Å²) >= 11 is 3.44.